The number of rotatable bonds is 1. The second-order valence-electron chi connectivity index (χ2n) is 7.59. The van der Waals surface area contributed by atoms with E-state index in [0.29, 0.717) is 0 Å². The number of anilines is 1. The van der Waals surface area contributed by atoms with E-state index in [9.17, 15) is 4.79 Å². The maximum Gasteiger partial charge on any atom is 0.266 e. The highest BCUT2D eigenvalue weighted by Crippen LogP contribution is 2.61. The molecule has 1 amide bonds. The Morgan fingerprint density at radius 1 is 1.25 bits per heavy atom. The van der Waals surface area contributed by atoms with Crippen molar-refractivity contribution in [1.82, 2.24) is 0 Å². The molecule has 2 aliphatic heterocycles. The predicted molar refractivity (Wildman–Crippen MR) is 83.6 cm³/mol. The summed E-state index contributed by atoms with van der Waals surface area (Å²) in [7, 11) is 0.129. The van der Waals surface area contributed by atoms with Crippen LogP contribution in [-0.4, -0.2) is 26.8 Å². The van der Waals surface area contributed by atoms with Crippen LogP contribution in [0.3, 0.4) is 0 Å². The summed E-state index contributed by atoms with van der Waals surface area (Å²) in [6.45, 7) is 11.5. The Bertz CT molecular complexity index is 590. The SMILES string of the molecule is CN1C(=O)C2(OC2[Si](C)(C)C(C)(C)C)c2ccccc21. The van der Waals surface area contributed by atoms with Gasteiger partial charge in [-0.05, 0) is 11.1 Å². The number of ether oxygens (including phenoxy) is 1. The summed E-state index contributed by atoms with van der Waals surface area (Å²) in [5.74, 6) is 0.105. The summed E-state index contributed by atoms with van der Waals surface area (Å²) in [5, 5.41) is 0.206. The third kappa shape index (κ3) is 1.46. The van der Waals surface area contributed by atoms with Crippen molar-refractivity contribution in [3.63, 3.8) is 0 Å². The number of epoxide rings is 1. The Kier molecular flexibility index (Phi) is 2.59. The summed E-state index contributed by atoms with van der Waals surface area (Å²) in [5.41, 5.74) is 1.45. The van der Waals surface area contributed by atoms with Crippen LogP contribution in [0.4, 0.5) is 5.69 Å². The second kappa shape index (κ2) is 3.74. The third-order valence-electron chi connectivity index (χ3n) is 5.49. The molecule has 2 aliphatic rings. The number of hydrogen-bond acceptors (Lipinski definition) is 2. The zero-order valence-corrected chi connectivity index (χ0v) is 14.2. The van der Waals surface area contributed by atoms with Gasteiger partial charge in [0.05, 0.1) is 19.5 Å². The smallest absolute Gasteiger partial charge is 0.266 e. The van der Waals surface area contributed by atoms with E-state index in [0.717, 1.165) is 11.3 Å². The largest absolute Gasteiger partial charge is 0.354 e. The van der Waals surface area contributed by atoms with Crippen molar-refractivity contribution in [3.8, 4) is 0 Å². The quantitative estimate of drug-likeness (QED) is 0.587. The highest BCUT2D eigenvalue weighted by molar-refractivity contribution is 6.82. The molecule has 0 N–H and O–H groups in total. The first kappa shape index (κ1) is 13.8. The molecule has 1 fully saturated rings. The normalized spacial score (nSPS) is 29.0. The molecule has 1 aromatic carbocycles. The number of benzene rings is 1. The van der Waals surface area contributed by atoms with Gasteiger partial charge >= 0.3 is 0 Å². The molecule has 0 radical (unpaired) electrons. The summed E-state index contributed by atoms with van der Waals surface area (Å²) in [6.07, 6.45) is 0. The minimum atomic E-state index is -1.72. The second-order valence-corrected chi connectivity index (χ2v) is 13.1. The minimum absolute atomic E-state index is 0.0774. The van der Waals surface area contributed by atoms with Crippen LogP contribution in [0.25, 0.3) is 0 Å². The molecule has 108 valence electrons. The predicted octanol–water partition coefficient (Wildman–Crippen LogP) is 3.30. The average Bonchev–Trinajstić information content (AvgIpc) is 3.08. The molecular formula is C16H23NO2Si. The van der Waals surface area contributed by atoms with Crippen molar-refractivity contribution in [2.75, 3.05) is 11.9 Å². The molecule has 2 atom stereocenters. The number of carbonyl (C=O) groups is 1. The van der Waals surface area contributed by atoms with Gasteiger partial charge in [0.25, 0.3) is 5.91 Å². The molecule has 0 bridgehead atoms. The monoisotopic (exact) mass is 289 g/mol. The molecule has 1 spiro atoms. The van der Waals surface area contributed by atoms with Crippen molar-refractivity contribution in [2.45, 2.75) is 50.2 Å². The molecule has 1 aromatic rings. The van der Waals surface area contributed by atoms with Crippen LogP contribution in [0.5, 0.6) is 0 Å². The van der Waals surface area contributed by atoms with E-state index in [1.165, 1.54) is 0 Å². The van der Waals surface area contributed by atoms with Crippen LogP contribution >= 0.6 is 0 Å². The maximum absolute atomic E-state index is 12.8. The fourth-order valence-electron chi connectivity index (χ4n) is 3.12. The molecule has 1 saturated heterocycles. The van der Waals surface area contributed by atoms with Crippen LogP contribution in [0.15, 0.2) is 24.3 Å². The van der Waals surface area contributed by atoms with E-state index < -0.39 is 13.7 Å². The summed E-state index contributed by atoms with van der Waals surface area (Å²) in [6, 6.07) is 8.03. The van der Waals surface area contributed by atoms with Gasteiger partial charge in [-0.25, -0.2) is 0 Å². The number of amides is 1. The number of nitrogens with zero attached hydrogens (tertiary/aromatic N) is 1. The van der Waals surface area contributed by atoms with Gasteiger partial charge in [-0.2, -0.15) is 0 Å². The lowest BCUT2D eigenvalue weighted by Gasteiger charge is -2.36. The standard InChI is InChI=1S/C16H23NO2Si/c1-15(2,3)20(5,6)14-16(19-14)11-9-7-8-10-12(11)17(4)13(16)18/h7-10,14H,1-6H3. The van der Waals surface area contributed by atoms with Crippen LogP contribution in [0.1, 0.15) is 26.3 Å². The Hall–Kier alpha value is -1.13. The van der Waals surface area contributed by atoms with E-state index in [-0.39, 0.29) is 16.7 Å². The van der Waals surface area contributed by atoms with Gasteiger partial charge in [-0.15, -0.1) is 0 Å². The number of para-hydroxylation sites is 1. The van der Waals surface area contributed by atoms with Gasteiger partial charge < -0.3 is 9.64 Å². The summed E-state index contributed by atoms with van der Waals surface area (Å²) >= 11 is 0. The van der Waals surface area contributed by atoms with Gasteiger partial charge in [0.1, 0.15) is 0 Å². The molecule has 3 rings (SSSR count). The van der Waals surface area contributed by atoms with Crippen LogP contribution in [0.2, 0.25) is 18.1 Å². The minimum Gasteiger partial charge on any atom is -0.354 e. The van der Waals surface area contributed by atoms with Crippen molar-refractivity contribution < 1.29 is 9.53 Å². The topological polar surface area (TPSA) is 32.8 Å². The first-order chi connectivity index (χ1) is 9.14. The van der Waals surface area contributed by atoms with Crippen molar-refractivity contribution >= 4 is 19.7 Å². The van der Waals surface area contributed by atoms with Crippen LogP contribution in [0, 0.1) is 0 Å². The molecule has 4 heteroatoms. The Morgan fingerprint density at radius 3 is 2.45 bits per heavy atom. The van der Waals surface area contributed by atoms with Crippen molar-refractivity contribution in [1.29, 1.82) is 0 Å². The molecule has 0 saturated carbocycles. The number of likely N-dealkylation sites (N-methyl/N-ethyl adjacent to an activating group) is 1. The number of fused-ring (bicyclic) bond motifs is 2. The lowest BCUT2D eigenvalue weighted by atomic mass is 10.0. The Balaban J connectivity index is 2.08. The van der Waals surface area contributed by atoms with E-state index in [1.54, 1.807) is 4.90 Å². The lowest BCUT2D eigenvalue weighted by Crippen LogP contribution is -2.47. The van der Waals surface area contributed by atoms with E-state index >= 15 is 0 Å². The fraction of sp³-hybridized carbons (Fsp3) is 0.562. The Labute approximate surface area is 121 Å². The van der Waals surface area contributed by atoms with E-state index in [2.05, 4.69) is 33.9 Å². The molecule has 2 heterocycles. The highest BCUT2D eigenvalue weighted by Gasteiger charge is 2.74. The Morgan fingerprint density at radius 2 is 1.85 bits per heavy atom. The van der Waals surface area contributed by atoms with E-state index in [1.807, 2.05) is 31.3 Å². The van der Waals surface area contributed by atoms with Crippen LogP contribution < -0.4 is 4.90 Å². The summed E-state index contributed by atoms with van der Waals surface area (Å²) < 4.78 is 6.14. The molecular weight excluding hydrogens is 266 g/mol. The van der Waals surface area contributed by atoms with E-state index in [4.69, 9.17) is 4.74 Å². The van der Waals surface area contributed by atoms with Crippen molar-refractivity contribution in [2.24, 2.45) is 0 Å². The van der Waals surface area contributed by atoms with Crippen molar-refractivity contribution in [3.05, 3.63) is 29.8 Å². The van der Waals surface area contributed by atoms with Gasteiger partial charge in [0, 0.05) is 12.6 Å². The summed E-state index contributed by atoms with van der Waals surface area (Å²) in [4.78, 5) is 14.5. The van der Waals surface area contributed by atoms with Gasteiger partial charge in [0.15, 0.2) is 5.60 Å². The van der Waals surface area contributed by atoms with Gasteiger partial charge in [0.2, 0.25) is 0 Å². The lowest BCUT2D eigenvalue weighted by molar-refractivity contribution is -0.122. The highest BCUT2D eigenvalue weighted by atomic mass is 28.3. The first-order valence-electron chi connectivity index (χ1n) is 7.19. The molecule has 2 unspecified atom stereocenters. The number of carbonyl (C=O) groups excluding carboxylic acids is 1. The molecule has 0 aliphatic carbocycles. The molecule has 20 heavy (non-hydrogen) atoms. The fourth-order valence-corrected chi connectivity index (χ4v) is 5.68. The first-order valence-corrected chi connectivity index (χ1v) is 10.3. The maximum atomic E-state index is 12.8. The zero-order valence-electron chi connectivity index (χ0n) is 13.2. The van der Waals surface area contributed by atoms with Crippen LogP contribution in [-0.2, 0) is 15.1 Å². The zero-order chi connectivity index (χ0) is 14.9. The average molecular weight is 289 g/mol. The molecule has 0 aromatic heterocycles. The number of hydrogen-bond donors (Lipinski definition) is 0. The molecule has 3 nitrogen and oxygen atoms in total. The van der Waals surface area contributed by atoms with Gasteiger partial charge in [-0.3, -0.25) is 4.79 Å². The van der Waals surface area contributed by atoms with Gasteiger partial charge in [-0.1, -0.05) is 52.1 Å². The third-order valence-corrected chi connectivity index (χ3v) is 11.2.